The molecule has 0 saturated heterocycles. The lowest BCUT2D eigenvalue weighted by Gasteiger charge is -2.34. The van der Waals surface area contributed by atoms with Crippen LogP contribution >= 0.6 is 23.8 Å². The Balaban J connectivity index is 2.04. The van der Waals surface area contributed by atoms with Crippen molar-refractivity contribution in [3.05, 3.63) is 27.7 Å². The van der Waals surface area contributed by atoms with Crippen LogP contribution in [0.5, 0.6) is 0 Å². The summed E-state index contributed by atoms with van der Waals surface area (Å²) in [5, 5.41) is 0.129. The molecule has 1 heterocycles. The molecular weight excluding hydrogens is 295 g/mol. The van der Waals surface area contributed by atoms with E-state index in [0.29, 0.717) is 4.77 Å². The van der Waals surface area contributed by atoms with Gasteiger partial charge in [-0.2, -0.15) is 0 Å². The van der Waals surface area contributed by atoms with E-state index in [4.69, 9.17) is 23.8 Å². The fraction of sp³-hybridized carbons (Fsp3) is 0.533. The van der Waals surface area contributed by atoms with Crippen LogP contribution in [-0.4, -0.2) is 9.55 Å². The molecule has 0 radical (unpaired) electrons. The summed E-state index contributed by atoms with van der Waals surface area (Å²) in [6.45, 7) is 3.14. The first-order valence-corrected chi connectivity index (χ1v) is 7.85. The summed E-state index contributed by atoms with van der Waals surface area (Å²) < 4.78 is 16.4. The zero-order valence-electron chi connectivity index (χ0n) is 11.5. The van der Waals surface area contributed by atoms with Crippen LogP contribution < -0.4 is 0 Å². The maximum absolute atomic E-state index is 13.7. The van der Waals surface area contributed by atoms with Crippen LogP contribution in [0.3, 0.4) is 0 Å². The zero-order valence-corrected chi connectivity index (χ0v) is 13.1. The summed E-state index contributed by atoms with van der Waals surface area (Å²) >= 11 is 11.2. The van der Waals surface area contributed by atoms with Gasteiger partial charge < -0.3 is 9.55 Å². The number of aromatic nitrogens is 2. The summed E-state index contributed by atoms with van der Waals surface area (Å²) in [6.07, 6.45) is 6.27. The normalized spacial score (nSPS) is 18.6. The Morgan fingerprint density at radius 2 is 2.05 bits per heavy atom. The summed E-state index contributed by atoms with van der Waals surface area (Å²) in [5.41, 5.74) is 1.87. The van der Waals surface area contributed by atoms with Crippen molar-refractivity contribution in [2.24, 2.45) is 5.41 Å². The number of fused-ring (bicyclic) bond motifs is 1. The van der Waals surface area contributed by atoms with E-state index in [1.54, 1.807) is 6.07 Å². The molecular formula is C15H18ClFN2S. The summed E-state index contributed by atoms with van der Waals surface area (Å²) in [4.78, 5) is 3.13. The van der Waals surface area contributed by atoms with E-state index in [9.17, 15) is 4.39 Å². The SMILES string of the molecule is CC1(Cn2c(=S)[nH]c3cc(Cl)c(F)cc32)CCCCC1. The Morgan fingerprint density at radius 3 is 2.75 bits per heavy atom. The Hall–Kier alpha value is -0.870. The van der Waals surface area contributed by atoms with E-state index in [1.807, 2.05) is 4.57 Å². The van der Waals surface area contributed by atoms with E-state index >= 15 is 0 Å². The summed E-state index contributed by atoms with van der Waals surface area (Å²) in [6, 6.07) is 3.10. The third-order valence-corrected chi connectivity index (χ3v) is 5.03. The average molecular weight is 313 g/mol. The smallest absolute Gasteiger partial charge is 0.178 e. The van der Waals surface area contributed by atoms with Gasteiger partial charge in [0, 0.05) is 12.6 Å². The highest BCUT2D eigenvalue weighted by molar-refractivity contribution is 7.71. The zero-order chi connectivity index (χ0) is 14.3. The fourth-order valence-electron chi connectivity index (χ4n) is 3.25. The minimum atomic E-state index is -0.393. The van der Waals surface area contributed by atoms with Gasteiger partial charge in [0.25, 0.3) is 0 Å². The van der Waals surface area contributed by atoms with E-state index < -0.39 is 5.82 Å². The van der Waals surface area contributed by atoms with E-state index in [2.05, 4.69) is 11.9 Å². The van der Waals surface area contributed by atoms with Crippen molar-refractivity contribution in [2.75, 3.05) is 0 Å². The monoisotopic (exact) mass is 312 g/mol. The number of imidazole rings is 1. The Bertz CT molecular complexity index is 698. The van der Waals surface area contributed by atoms with Crippen LogP contribution in [0.4, 0.5) is 4.39 Å². The Morgan fingerprint density at radius 1 is 1.35 bits per heavy atom. The number of benzene rings is 1. The molecule has 5 heteroatoms. The number of rotatable bonds is 2. The summed E-state index contributed by atoms with van der Waals surface area (Å²) in [5.74, 6) is -0.393. The molecule has 1 N–H and O–H groups in total. The lowest BCUT2D eigenvalue weighted by atomic mass is 9.75. The molecule has 2 aromatic rings. The highest BCUT2D eigenvalue weighted by atomic mass is 35.5. The predicted molar refractivity (Wildman–Crippen MR) is 83.3 cm³/mol. The number of hydrogen-bond acceptors (Lipinski definition) is 1. The predicted octanol–water partition coefficient (Wildman–Crippen LogP) is 5.46. The molecule has 0 bridgehead atoms. The van der Waals surface area contributed by atoms with Crippen molar-refractivity contribution in [3.63, 3.8) is 0 Å². The second-order valence-corrected chi connectivity index (χ2v) is 6.96. The first kappa shape index (κ1) is 14.1. The lowest BCUT2D eigenvalue weighted by Crippen LogP contribution is -2.26. The Labute approximate surface area is 127 Å². The third kappa shape index (κ3) is 2.51. The number of H-pyrrole nitrogens is 1. The third-order valence-electron chi connectivity index (χ3n) is 4.42. The van der Waals surface area contributed by atoms with Crippen LogP contribution in [0.1, 0.15) is 39.0 Å². The van der Waals surface area contributed by atoms with Gasteiger partial charge >= 0.3 is 0 Å². The molecule has 1 aliphatic rings. The highest BCUT2D eigenvalue weighted by Crippen LogP contribution is 2.38. The quantitative estimate of drug-likeness (QED) is 0.730. The maximum atomic E-state index is 13.7. The van der Waals surface area contributed by atoms with Gasteiger partial charge in [-0.1, -0.05) is 37.8 Å². The van der Waals surface area contributed by atoms with Crippen molar-refractivity contribution >= 4 is 34.9 Å². The van der Waals surface area contributed by atoms with Crippen LogP contribution in [-0.2, 0) is 6.54 Å². The molecule has 0 aliphatic heterocycles. The van der Waals surface area contributed by atoms with Gasteiger partial charge in [0.15, 0.2) is 4.77 Å². The standard InChI is InChI=1S/C15H18ClFN2S/c1-15(5-3-2-4-6-15)9-19-13-8-11(17)10(16)7-12(13)18-14(19)20/h7-8H,2-6,9H2,1H3,(H,18,20). The molecule has 0 amide bonds. The molecule has 2 nitrogen and oxygen atoms in total. The average Bonchev–Trinajstić information content (AvgIpc) is 2.67. The Kier molecular flexibility index (Phi) is 3.63. The molecule has 108 valence electrons. The molecule has 0 spiro atoms. The van der Waals surface area contributed by atoms with Crippen LogP contribution in [0, 0.1) is 16.0 Å². The van der Waals surface area contributed by atoms with Gasteiger partial charge in [0.1, 0.15) is 5.82 Å². The van der Waals surface area contributed by atoms with Gasteiger partial charge in [0.2, 0.25) is 0 Å². The first-order chi connectivity index (χ1) is 9.48. The molecule has 0 atom stereocenters. The molecule has 20 heavy (non-hydrogen) atoms. The highest BCUT2D eigenvalue weighted by Gasteiger charge is 2.28. The van der Waals surface area contributed by atoms with Gasteiger partial charge in [0.05, 0.1) is 16.1 Å². The maximum Gasteiger partial charge on any atom is 0.178 e. The minimum Gasteiger partial charge on any atom is -0.331 e. The van der Waals surface area contributed by atoms with E-state index in [1.165, 1.54) is 38.2 Å². The van der Waals surface area contributed by atoms with Gasteiger partial charge in [-0.25, -0.2) is 4.39 Å². The van der Waals surface area contributed by atoms with Crippen molar-refractivity contribution in [2.45, 2.75) is 45.6 Å². The van der Waals surface area contributed by atoms with Crippen LogP contribution in [0.25, 0.3) is 11.0 Å². The molecule has 1 aromatic carbocycles. The van der Waals surface area contributed by atoms with Crippen molar-refractivity contribution < 1.29 is 4.39 Å². The number of nitrogens with one attached hydrogen (secondary N) is 1. The summed E-state index contributed by atoms with van der Waals surface area (Å²) in [7, 11) is 0. The van der Waals surface area contributed by atoms with Crippen molar-refractivity contribution in [1.82, 2.24) is 9.55 Å². The molecule has 1 aliphatic carbocycles. The minimum absolute atomic E-state index is 0.129. The van der Waals surface area contributed by atoms with E-state index in [-0.39, 0.29) is 10.4 Å². The van der Waals surface area contributed by atoms with Crippen LogP contribution in [0.15, 0.2) is 12.1 Å². The van der Waals surface area contributed by atoms with E-state index in [0.717, 1.165) is 17.6 Å². The first-order valence-electron chi connectivity index (χ1n) is 7.06. The van der Waals surface area contributed by atoms with Crippen molar-refractivity contribution in [1.29, 1.82) is 0 Å². The molecule has 1 aromatic heterocycles. The van der Waals surface area contributed by atoms with Gasteiger partial charge in [-0.15, -0.1) is 0 Å². The topological polar surface area (TPSA) is 20.7 Å². The molecule has 3 rings (SSSR count). The number of nitrogens with zero attached hydrogens (tertiary/aromatic N) is 1. The number of aromatic amines is 1. The molecule has 0 unspecified atom stereocenters. The fourth-order valence-corrected chi connectivity index (χ4v) is 3.69. The number of hydrogen-bond donors (Lipinski definition) is 1. The second-order valence-electron chi connectivity index (χ2n) is 6.17. The number of halogens is 2. The lowest BCUT2D eigenvalue weighted by molar-refractivity contribution is 0.184. The van der Waals surface area contributed by atoms with Crippen molar-refractivity contribution in [3.8, 4) is 0 Å². The second kappa shape index (κ2) is 5.15. The molecule has 1 saturated carbocycles. The van der Waals surface area contributed by atoms with Gasteiger partial charge in [-0.3, -0.25) is 0 Å². The van der Waals surface area contributed by atoms with Gasteiger partial charge in [-0.05, 0) is 36.5 Å². The van der Waals surface area contributed by atoms with Crippen LogP contribution in [0.2, 0.25) is 5.02 Å². The molecule has 1 fully saturated rings. The largest absolute Gasteiger partial charge is 0.331 e.